The highest BCUT2D eigenvalue weighted by Crippen LogP contribution is 2.24. The summed E-state index contributed by atoms with van der Waals surface area (Å²) in [6, 6.07) is 8.66. The Morgan fingerprint density at radius 3 is 3.04 bits per heavy atom. The first-order valence-electron chi connectivity index (χ1n) is 10.4. The first kappa shape index (κ1) is 19.4. The molecule has 28 heavy (non-hydrogen) atoms. The van der Waals surface area contributed by atoms with Crippen molar-refractivity contribution in [1.82, 2.24) is 19.8 Å². The van der Waals surface area contributed by atoms with Gasteiger partial charge in [-0.05, 0) is 25.0 Å². The summed E-state index contributed by atoms with van der Waals surface area (Å²) in [6.45, 7) is 5.31. The summed E-state index contributed by atoms with van der Waals surface area (Å²) >= 11 is 0. The van der Waals surface area contributed by atoms with Crippen molar-refractivity contribution in [1.29, 1.82) is 0 Å². The molecule has 2 aromatic rings. The van der Waals surface area contributed by atoms with Crippen LogP contribution in [-0.2, 0) is 22.5 Å². The van der Waals surface area contributed by atoms with Crippen molar-refractivity contribution in [2.45, 2.75) is 57.3 Å². The summed E-state index contributed by atoms with van der Waals surface area (Å²) in [5.41, 5.74) is 2.09. The Hall–Kier alpha value is -1.96. The zero-order valence-electron chi connectivity index (χ0n) is 16.5. The number of aryl methyl sites for hydroxylation is 2. The lowest BCUT2D eigenvalue weighted by Crippen LogP contribution is -2.46. The molecule has 3 atom stereocenters. The van der Waals surface area contributed by atoms with Gasteiger partial charge in [-0.3, -0.25) is 9.69 Å². The number of nitrogens with one attached hydrogen (secondary N) is 1. The molecule has 1 aromatic heterocycles. The predicted molar refractivity (Wildman–Crippen MR) is 107 cm³/mol. The number of hydrogen-bond acceptors (Lipinski definition) is 5. The Morgan fingerprint density at radius 2 is 2.21 bits per heavy atom. The van der Waals surface area contributed by atoms with Gasteiger partial charge in [-0.1, -0.05) is 19.1 Å². The molecule has 2 saturated heterocycles. The average molecular weight is 386 g/mol. The van der Waals surface area contributed by atoms with Crippen LogP contribution in [0, 0.1) is 0 Å². The van der Waals surface area contributed by atoms with E-state index in [1.54, 1.807) is 0 Å². The van der Waals surface area contributed by atoms with E-state index in [2.05, 4.69) is 32.8 Å². The number of amides is 1. The Morgan fingerprint density at radius 1 is 1.36 bits per heavy atom. The Kier molecular flexibility index (Phi) is 5.94. The highest BCUT2D eigenvalue weighted by atomic mass is 16.5. The van der Waals surface area contributed by atoms with Crippen molar-refractivity contribution in [3.63, 3.8) is 0 Å². The second-order valence-corrected chi connectivity index (χ2v) is 7.85. The van der Waals surface area contributed by atoms with Gasteiger partial charge >= 0.3 is 0 Å². The van der Waals surface area contributed by atoms with Crippen LogP contribution >= 0.6 is 0 Å². The summed E-state index contributed by atoms with van der Waals surface area (Å²) in [5.74, 6) is 1.12. The van der Waals surface area contributed by atoms with Crippen LogP contribution in [0.5, 0.6) is 0 Å². The van der Waals surface area contributed by atoms with Gasteiger partial charge in [0.2, 0.25) is 5.91 Å². The van der Waals surface area contributed by atoms with Crippen molar-refractivity contribution < 1.29 is 14.6 Å². The Labute approximate surface area is 165 Å². The minimum atomic E-state index is 0.0949. The molecule has 1 aromatic carbocycles. The highest BCUT2D eigenvalue weighted by Gasteiger charge is 2.37. The second-order valence-electron chi connectivity index (χ2n) is 7.85. The standard InChI is InChI=1S/C21H30N4O3/c1-2-20-23-18-5-3-4-6-19(18)25(20)9-7-21(27)22-15-11-16-14-28-17(8-10-26)13-24(16)12-15/h3-6,15-17,26H,2,7-14H2,1H3,(H,22,27)/t15-,16-,17-/m0/s1. The van der Waals surface area contributed by atoms with Gasteiger partial charge < -0.3 is 19.7 Å². The summed E-state index contributed by atoms with van der Waals surface area (Å²) in [7, 11) is 0. The zero-order chi connectivity index (χ0) is 19.5. The molecule has 0 bridgehead atoms. The molecule has 2 aliphatic rings. The monoisotopic (exact) mass is 386 g/mol. The van der Waals surface area contributed by atoms with Gasteiger partial charge in [-0.15, -0.1) is 0 Å². The van der Waals surface area contributed by atoms with Crippen molar-refractivity contribution in [3.8, 4) is 0 Å². The lowest BCUT2D eigenvalue weighted by atomic mass is 10.1. The fraction of sp³-hybridized carbons (Fsp3) is 0.619. The smallest absolute Gasteiger partial charge is 0.222 e. The van der Waals surface area contributed by atoms with Crippen LogP contribution in [0.4, 0.5) is 0 Å². The number of nitrogens with zero attached hydrogens (tertiary/aromatic N) is 3. The number of carbonyl (C=O) groups excluding carboxylic acids is 1. The van der Waals surface area contributed by atoms with E-state index < -0.39 is 0 Å². The van der Waals surface area contributed by atoms with E-state index in [1.165, 1.54) is 0 Å². The number of aliphatic hydroxyl groups is 1. The molecule has 2 N–H and O–H groups in total. The molecule has 3 heterocycles. The molecule has 0 radical (unpaired) electrons. The number of hydrogen-bond donors (Lipinski definition) is 2. The fourth-order valence-electron chi connectivity index (χ4n) is 4.52. The fourth-order valence-corrected chi connectivity index (χ4v) is 4.52. The molecule has 7 nitrogen and oxygen atoms in total. The number of morpholine rings is 1. The summed E-state index contributed by atoms with van der Waals surface area (Å²) in [4.78, 5) is 19.6. The molecule has 0 spiro atoms. The number of aliphatic hydroxyl groups excluding tert-OH is 1. The van der Waals surface area contributed by atoms with Gasteiger partial charge in [-0.2, -0.15) is 0 Å². The number of carbonyl (C=O) groups is 1. The molecule has 0 unspecified atom stereocenters. The van der Waals surface area contributed by atoms with Crippen molar-refractivity contribution in [2.75, 3.05) is 26.3 Å². The van der Waals surface area contributed by atoms with Crippen molar-refractivity contribution >= 4 is 16.9 Å². The SMILES string of the molecule is CCc1nc2ccccc2n1CCC(=O)N[C@H]1C[C@H]2CO[C@@H](CCO)CN2C1. The maximum Gasteiger partial charge on any atom is 0.222 e. The maximum atomic E-state index is 12.6. The molecule has 1 amide bonds. The maximum absolute atomic E-state index is 12.6. The predicted octanol–water partition coefficient (Wildman–Crippen LogP) is 1.33. The third-order valence-corrected chi connectivity index (χ3v) is 5.92. The van der Waals surface area contributed by atoms with E-state index in [1.807, 2.05) is 18.2 Å². The van der Waals surface area contributed by atoms with Crippen LogP contribution in [0.2, 0.25) is 0 Å². The van der Waals surface area contributed by atoms with Gasteiger partial charge in [0.25, 0.3) is 0 Å². The third-order valence-electron chi connectivity index (χ3n) is 5.92. The van der Waals surface area contributed by atoms with E-state index in [4.69, 9.17) is 9.84 Å². The molecule has 152 valence electrons. The Bertz CT molecular complexity index is 821. The normalized spacial score (nSPS) is 25.1. The van der Waals surface area contributed by atoms with Crippen LogP contribution in [0.1, 0.15) is 32.0 Å². The number of fused-ring (bicyclic) bond motifs is 2. The average Bonchev–Trinajstić information content (AvgIpc) is 3.26. The molecular weight excluding hydrogens is 356 g/mol. The summed E-state index contributed by atoms with van der Waals surface area (Å²) in [6.07, 6.45) is 3.03. The van der Waals surface area contributed by atoms with Crippen LogP contribution in [0.25, 0.3) is 11.0 Å². The lowest BCUT2D eigenvalue weighted by molar-refractivity contribution is -0.121. The number of ether oxygens (including phenoxy) is 1. The van der Waals surface area contributed by atoms with E-state index in [0.29, 0.717) is 32.0 Å². The first-order chi connectivity index (χ1) is 13.7. The summed E-state index contributed by atoms with van der Waals surface area (Å²) < 4.78 is 7.99. The van der Waals surface area contributed by atoms with Gasteiger partial charge in [0.15, 0.2) is 0 Å². The molecular formula is C21H30N4O3. The van der Waals surface area contributed by atoms with Gasteiger partial charge in [0, 0.05) is 51.2 Å². The molecule has 7 heteroatoms. The van der Waals surface area contributed by atoms with E-state index >= 15 is 0 Å². The molecule has 2 aliphatic heterocycles. The zero-order valence-corrected chi connectivity index (χ0v) is 16.5. The quantitative estimate of drug-likeness (QED) is 0.751. The van der Waals surface area contributed by atoms with E-state index in [-0.39, 0.29) is 24.7 Å². The molecule has 0 aliphatic carbocycles. The van der Waals surface area contributed by atoms with Crippen LogP contribution in [0.15, 0.2) is 24.3 Å². The second kappa shape index (κ2) is 8.59. The van der Waals surface area contributed by atoms with Crippen LogP contribution in [-0.4, -0.2) is 70.0 Å². The minimum Gasteiger partial charge on any atom is -0.396 e. The molecule has 4 rings (SSSR count). The first-order valence-corrected chi connectivity index (χ1v) is 10.4. The van der Waals surface area contributed by atoms with Crippen LogP contribution in [0.3, 0.4) is 0 Å². The highest BCUT2D eigenvalue weighted by molar-refractivity contribution is 5.78. The Balaban J connectivity index is 1.31. The van der Waals surface area contributed by atoms with Gasteiger partial charge in [-0.25, -0.2) is 4.98 Å². The van der Waals surface area contributed by atoms with Gasteiger partial charge in [0.1, 0.15) is 5.82 Å². The van der Waals surface area contributed by atoms with E-state index in [9.17, 15) is 4.79 Å². The number of para-hydroxylation sites is 2. The van der Waals surface area contributed by atoms with Crippen molar-refractivity contribution in [3.05, 3.63) is 30.1 Å². The third kappa shape index (κ3) is 4.06. The topological polar surface area (TPSA) is 79.6 Å². The van der Waals surface area contributed by atoms with Crippen molar-refractivity contribution in [2.24, 2.45) is 0 Å². The number of aromatic nitrogens is 2. The summed E-state index contributed by atoms with van der Waals surface area (Å²) in [5, 5.41) is 12.3. The minimum absolute atomic E-state index is 0.0949. The number of rotatable bonds is 7. The largest absolute Gasteiger partial charge is 0.396 e. The number of benzene rings is 1. The number of imidazole rings is 1. The van der Waals surface area contributed by atoms with Gasteiger partial charge in [0.05, 0.1) is 23.7 Å². The molecule has 2 fully saturated rings. The molecule has 0 saturated carbocycles. The lowest BCUT2D eigenvalue weighted by Gasteiger charge is -2.34. The van der Waals surface area contributed by atoms with E-state index in [0.717, 1.165) is 42.8 Å². The van der Waals surface area contributed by atoms with Crippen LogP contribution < -0.4 is 5.32 Å².